The average Bonchev–Trinajstić information content (AvgIpc) is 3.16. The number of hydrogen-bond donors (Lipinski definition) is 4. The first-order chi connectivity index (χ1) is 17.2. The zero-order valence-corrected chi connectivity index (χ0v) is 20.7. The number of amides is 1. The van der Waals surface area contributed by atoms with Crippen LogP contribution < -0.4 is 16.4 Å². The van der Waals surface area contributed by atoms with Crippen LogP contribution in [0, 0.1) is 11.6 Å². The van der Waals surface area contributed by atoms with Gasteiger partial charge in [-0.2, -0.15) is 4.98 Å². The summed E-state index contributed by atoms with van der Waals surface area (Å²) in [6.07, 6.45) is 6.42. The zero-order chi connectivity index (χ0) is 25.8. The van der Waals surface area contributed by atoms with E-state index in [9.17, 15) is 18.7 Å². The van der Waals surface area contributed by atoms with E-state index in [1.807, 2.05) is 6.92 Å². The van der Waals surface area contributed by atoms with Gasteiger partial charge in [0.15, 0.2) is 11.5 Å². The number of carbonyl (C=O) groups excluding carboxylic acids is 1. The molecule has 0 bridgehead atoms. The minimum Gasteiger partial charge on any atom is -0.393 e. The quantitative estimate of drug-likeness (QED) is 0.300. The lowest BCUT2D eigenvalue weighted by molar-refractivity contribution is -0.118. The number of benzene rings is 1. The van der Waals surface area contributed by atoms with Gasteiger partial charge in [0.05, 0.1) is 23.0 Å². The molecule has 2 aromatic heterocycles. The number of carbonyl (C=O) groups is 1. The van der Waals surface area contributed by atoms with Crippen LogP contribution in [0.5, 0.6) is 0 Å². The van der Waals surface area contributed by atoms with Gasteiger partial charge in [-0.15, -0.1) is 0 Å². The molecule has 36 heavy (non-hydrogen) atoms. The number of nitrogens with zero attached hydrogens (tertiary/aromatic N) is 4. The Bertz CT molecular complexity index is 1220. The number of rotatable bonds is 10. The highest BCUT2D eigenvalue weighted by Gasteiger charge is 2.25. The summed E-state index contributed by atoms with van der Waals surface area (Å²) in [5.41, 5.74) is 6.23. The second-order valence-electron chi connectivity index (χ2n) is 9.19. The van der Waals surface area contributed by atoms with Crippen LogP contribution in [0.2, 0.25) is 5.02 Å². The van der Waals surface area contributed by atoms with Crippen LogP contribution >= 0.6 is 11.6 Å². The molecule has 0 aliphatic heterocycles. The Morgan fingerprint density at radius 2 is 2.11 bits per heavy atom. The van der Waals surface area contributed by atoms with Gasteiger partial charge in [0.1, 0.15) is 11.3 Å². The van der Waals surface area contributed by atoms with E-state index in [4.69, 9.17) is 22.3 Å². The van der Waals surface area contributed by atoms with Crippen molar-refractivity contribution in [2.24, 2.45) is 5.73 Å². The number of aliphatic hydroxyl groups is 1. The summed E-state index contributed by atoms with van der Waals surface area (Å²) in [6.45, 7) is 2.01. The van der Waals surface area contributed by atoms with E-state index in [1.54, 1.807) is 10.8 Å². The fraction of sp³-hybridized carbons (Fsp3) is 0.500. The van der Waals surface area contributed by atoms with E-state index in [1.165, 1.54) is 0 Å². The lowest BCUT2D eigenvalue weighted by atomic mass is 9.93. The standard InChI is InChI=1S/C24H30ClF2N7O2/c1-2-4-15(7-8-20(28)36)34-22-19(12-29-23(33-22)30-14-5-3-6-16(35)11-14)31-24(34)32-21-17(25)9-13(26)10-18(21)27/h9-10,12,14-16,35H,2-8,11H2,1H3,(H2,28,36)(H,31,32)(H,29,30,33)/t14-,15+,16-/m0/s1. The summed E-state index contributed by atoms with van der Waals surface area (Å²) in [5, 5.41) is 16.1. The molecule has 3 atom stereocenters. The lowest BCUT2D eigenvalue weighted by Gasteiger charge is -2.26. The molecule has 0 unspecified atom stereocenters. The van der Waals surface area contributed by atoms with Gasteiger partial charge in [0.2, 0.25) is 17.8 Å². The molecule has 1 aliphatic rings. The summed E-state index contributed by atoms with van der Waals surface area (Å²) >= 11 is 6.13. The summed E-state index contributed by atoms with van der Waals surface area (Å²) < 4.78 is 30.0. The maximum absolute atomic E-state index is 14.6. The van der Waals surface area contributed by atoms with E-state index in [0.29, 0.717) is 36.4 Å². The minimum absolute atomic E-state index is 0.0357. The maximum Gasteiger partial charge on any atom is 0.224 e. The molecule has 9 nitrogen and oxygen atoms in total. The number of hydrogen-bond acceptors (Lipinski definition) is 7. The second-order valence-corrected chi connectivity index (χ2v) is 9.59. The normalized spacial score (nSPS) is 18.8. The molecular formula is C24H30ClF2N7O2. The molecule has 0 radical (unpaired) electrons. The average molecular weight is 522 g/mol. The highest BCUT2D eigenvalue weighted by atomic mass is 35.5. The number of primary amides is 1. The van der Waals surface area contributed by atoms with Crippen molar-refractivity contribution in [3.8, 4) is 0 Å². The molecule has 194 valence electrons. The van der Waals surface area contributed by atoms with E-state index in [-0.39, 0.29) is 41.3 Å². The van der Waals surface area contributed by atoms with Gasteiger partial charge in [-0.25, -0.2) is 18.7 Å². The van der Waals surface area contributed by atoms with Crippen molar-refractivity contribution in [2.75, 3.05) is 10.6 Å². The van der Waals surface area contributed by atoms with Gasteiger partial charge in [-0.05, 0) is 44.6 Å². The molecule has 2 heterocycles. The number of halogens is 3. The molecule has 3 aromatic rings. The largest absolute Gasteiger partial charge is 0.393 e. The topological polar surface area (TPSA) is 131 Å². The summed E-state index contributed by atoms with van der Waals surface area (Å²) in [7, 11) is 0. The Morgan fingerprint density at radius 1 is 1.31 bits per heavy atom. The number of imidazole rings is 1. The number of nitrogens with two attached hydrogens (primary N) is 1. The fourth-order valence-corrected chi connectivity index (χ4v) is 4.93. The van der Waals surface area contributed by atoms with Crippen LogP contribution in [0.4, 0.5) is 26.4 Å². The molecule has 1 amide bonds. The summed E-state index contributed by atoms with van der Waals surface area (Å²) in [5.74, 6) is -1.48. The van der Waals surface area contributed by atoms with Gasteiger partial charge >= 0.3 is 0 Å². The van der Waals surface area contributed by atoms with Crippen molar-refractivity contribution in [1.82, 2.24) is 19.5 Å². The predicted molar refractivity (Wildman–Crippen MR) is 134 cm³/mol. The maximum atomic E-state index is 14.6. The van der Waals surface area contributed by atoms with Crippen LogP contribution in [-0.2, 0) is 4.79 Å². The Balaban J connectivity index is 1.77. The first kappa shape index (κ1) is 26.0. The Morgan fingerprint density at radius 3 is 2.81 bits per heavy atom. The predicted octanol–water partition coefficient (Wildman–Crippen LogP) is 4.82. The van der Waals surface area contributed by atoms with Crippen molar-refractivity contribution in [2.45, 2.75) is 76.5 Å². The van der Waals surface area contributed by atoms with E-state index >= 15 is 0 Å². The minimum atomic E-state index is -0.868. The van der Waals surface area contributed by atoms with Gasteiger partial charge in [-0.1, -0.05) is 24.9 Å². The third-order valence-corrected chi connectivity index (χ3v) is 6.67. The Labute approximate surface area is 212 Å². The molecule has 4 rings (SSSR count). The van der Waals surface area contributed by atoms with E-state index < -0.39 is 17.5 Å². The second kappa shape index (κ2) is 11.3. The lowest BCUT2D eigenvalue weighted by Crippen LogP contribution is -2.30. The first-order valence-electron chi connectivity index (χ1n) is 12.1. The van der Waals surface area contributed by atoms with Gasteiger partial charge in [-0.3, -0.25) is 9.36 Å². The monoisotopic (exact) mass is 521 g/mol. The Hall–Kier alpha value is -3.05. The molecule has 0 spiro atoms. The SMILES string of the molecule is CCC[C@H](CCC(N)=O)n1c(Nc2c(F)cc(F)cc2Cl)nc2cnc(N[C@H]3CCC[C@H](O)C3)nc21. The fourth-order valence-electron chi connectivity index (χ4n) is 4.69. The molecular weight excluding hydrogens is 492 g/mol. The van der Waals surface area contributed by atoms with E-state index in [0.717, 1.165) is 37.8 Å². The number of aromatic nitrogens is 4. The highest BCUT2D eigenvalue weighted by Crippen LogP contribution is 2.34. The van der Waals surface area contributed by atoms with Crippen LogP contribution in [0.25, 0.3) is 11.2 Å². The molecule has 0 saturated heterocycles. The zero-order valence-electron chi connectivity index (χ0n) is 20.0. The van der Waals surface area contributed by atoms with Crippen LogP contribution in [-0.4, -0.2) is 42.7 Å². The van der Waals surface area contributed by atoms with Crippen LogP contribution in [0.15, 0.2) is 18.3 Å². The molecule has 5 N–H and O–H groups in total. The van der Waals surface area contributed by atoms with Crippen molar-refractivity contribution in [1.29, 1.82) is 0 Å². The third kappa shape index (κ3) is 6.01. The molecule has 1 saturated carbocycles. The van der Waals surface area contributed by atoms with Crippen molar-refractivity contribution in [3.63, 3.8) is 0 Å². The summed E-state index contributed by atoms with van der Waals surface area (Å²) in [4.78, 5) is 25.2. The van der Waals surface area contributed by atoms with E-state index in [2.05, 4.69) is 20.6 Å². The van der Waals surface area contributed by atoms with Crippen molar-refractivity contribution >= 4 is 46.3 Å². The number of anilines is 3. The van der Waals surface area contributed by atoms with Crippen molar-refractivity contribution < 1.29 is 18.7 Å². The number of nitrogens with one attached hydrogen (secondary N) is 2. The molecule has 12 heteroatoms. The van der Waals surface area contributed by atoms with Crippen LogP contribution in [0.1, 0.15) is 64.3 Å². The number of fused-ring (bicyclic) bond motifs is 1. The van der Waals surface area contributed by atoms with Gasteiger partial charge in [0.25, 0.3) is 0 Å². The summed E-state index contributed by atoms with van der Waals surface area (Å²) in [6, 6.07) is 1.54. The van der Waals surface area contributed by atoms with Crippen molar-refractivity contribution in [3.05, 3.63) is 35.0 Å². The van der Waals surface area contributed by atoms with Gasteiger partial charge < -0.3 is 21.5 Å². The Kier molecular flexibility index (Phi) is 8.20. The molecule has 1 aromatic carbocycles. The smallest absolute Gasteiger partial charge is 0.224 e. The van der Waals surface area contributed by atoms with Crippen LogP contribution in [0.3, 0.4) is 0 Å². The third-order valence-electron chi connectivity index (χ3n) is 6.37. The molecule has 1 fully saturated rings. The number of aliphatic hydroxyl groups excluding tert-OH is 1. The van der Waals surface area contributed by atoms with Gasteiger partial charge in [0, 0.05) is 24.6 Å². The highest BCUT2D eigenvalue weighted by molar-refractivity contribution is 6.33. The first-order valence-corrected chi connectivity index (χ1v) is 12.5. The molecule has 1 aliphatic carbocycles.